The van der Waals surface area contributed by atoms with Gasteiger partial charge in [0.1, 0.15) is 0 Å². The Kier molecular flexibility index (Phi) is 4.61. The predicted molar refractivity (Wildman–Crippen MR) is 76.9 cm³/mol. The Balaban J connectivity index is 2.11. The third-order valence-electron chi connectivity index (χ3n) is 2.54. The molecule has 0 saturated heterocycles. The van der Waals surface area contributed by atoms with Crippen molar-refractivity contribution in [2.75, 3.05) is 0 Å². The zero-order valence-corrected chi connectivity index (χ0v) is 11.8. The van der Waals surface area contributed by atoms with Crippen LogP contribution >= 0.6 is 23.4 Å². The maximum atomic E-state index is 10.9. The molecule has 0 radical (unpaired) electrons. The molecule has 1 N–H and O–H groups in total. The zero-order valence-electron chi connectivity index (χ0n) is 10.2. The van der Waals surface area contributed by atoms with Gasteiger partial charge in [0.2, 0.25) is 0 Å². The number of thioether (sulfide) groups is 1. The third-order valence-corrected chi connectivity index (χ3v) is 3.87. The lowest BCUT2D eigenvalue weighted by molar-refractivity contribution is 0.0696. The van der Waals surface area contributed by atoms with Crippen LogP contribution in [0.3, 0.4) is 0 Å². The SMILES string of the molecule is N#Cc1ccc(CSc2cc(C(=O)O)ccn2)c(Cl)c1. The molecule has 0 atom stereocenters. The molecule has 2 aromatic rings. The van der Waals surface area contributed by atoms with Gasteiger partial charge < -0.3 is 5.11 Å². The number of carboxylic acid groups (broad SMARTS) is 1. The molecule has 2 rings (SSSR count). The molecule has 20 heavy (non-hydrogen) atoms. The number of hydrogen-bond donors (Lipinski definition) is 1. The summed E-state index contributed by atoms with van der Waals surface area (Å²) >= 11 is 7.47. The highest BCUT2D eigenvalue weighted by molar-refractivity contribution is 7.98. The maximum Gasteiger partial charge on any atom is 0.335 e. The molecule has 0 aliphatic carbocycles. The first kappa shape index (κ1) is 14.4. The summed E-state index contributed by atoms with van der Waals surface area (Å²) in [4.78, 5) is 15.0. The molecule has 1 heterocycles. The lowest BCUT2D eigenvalue weighted by Gasteiger charge is -2.05. The fourth-order valence-corrected chi connectivity index (χ4v) is 2.73. The van der Waals surface area contributed by atoms with Gasteiger partial charge in [-0.3, -0.25) is 0 Å². The van der Waals surface area contributed by atoms with Crippen molar-refractivity contribution in [3.63, 3.8) is 0 Å². The van der Waals surface area contributed by atoms with E-state index in [1.54, 1.807) is 18.2 Å². The minimum Gasteiger partial charge on any atom is -0.478 e. The predicted octanol–water partition coefficient (Wildman–Crippen LogP) is 3.60. The Morgan fingerprint density at radius 2 is 2.20 bits per heavy atom. The monoisotopic (exact) mass is 304 g/mol. The number of aromatic nitrogens is 1. The molecule has 1 aromatic carbocycles. The van der Waals surface area contributed by atoms with Crippen LogP contribution in [-0.2, 0) is 5.75 Å². The summed E-state index contributed by atoms with van der Waals surface area (Å²) in [6.07, 6.45) is 1.46. The first-order valence-corrected chi connectivity index (χ1v) is 6.97. The van der Waals surface area contributed by atoms with E-state index in [1.807, 2.05) is 6.07 Å². The zero-order chi connectivity index (χ0) is 14.5. The number of halogens is 1. The summed E-state index contributed by atoms with van der Waals surface area (Å²) in [5.74, 6) is -0.425. The highest BCUT2D eigenvalue weighted by Gasteiger charge is 2.07. The largest absolute Gasteiger partial charge is 0.478 e. The van der Waals surface area contributed by atoms with Crippen molar-refractivity contribution in [1.82, 2.24) is 4.98 Å². The molecule has 0 fully saturated rings. The molecular formula is C14H9ClN2O2S. The number of nitriles is 1. The van der Waals surface area contributed by atoms with Crippen molar-refractivity contribution in [2.24, 2.45) is 0 Å². The van der Waals surface area contributed by atoms with Gasteiger partial charge in [-0.25, -0.2) is 9.78 Å². The molecular weight excluding hydrogens is 296 g/mol. The Morgan fingerprint density at radius 3 is 2.85 bits per heavy atom. The van der Waals surface area contributed by atoms with Crippen molar-refractivity contribution in [2.45, 2.75) is 10.8 Å². The van der Waals surface area contributed by atoms with Crippen LogP contribution in [0.15, 0.2) is 41.6 Å². The van der Waals surface area contributed by atoms with Crippen LogP contribution in [-0.4, -0.2) is 16.1 Å². The number of hydrogen-bond acceptors (Lipinski definition) is 4. The molecule has 0 amide bonds. The molecule has 0 aliphatic heterocycles. The van der Waals surface area contributed by atoms with E-state index in [0.29, 0.717) is 21.4 Å². The standard InChI is InChI=1S/C14H9ClN2O2S/c15-12-5-9(7-16)1-2-11(12)8-20-13-6-10(14(18)19)3-4-17-13/h1-6H,8H2,(H,18,19). The number of nitrogens with zero attached hydrogens (tertiary/aromatic N) is 2. The van der Waals surface area contributed by atoms with Crippen LogP contribution in [0, 0.1) is 11.3 Å². The second-order valence-electron chi connectivity index (χ2n) is 3.89. The summed E-state index contributed by atoms with van der Waals surface area (Å²) in [6.45, 7) is 0. The van der Waals surface area contributed by atoms with Gasteiger partial charge in [-0.05, 0) is 29.8 Å². The first-order chi connectivity index (χ1) is 9.60. The summed E-state index contributed by atoms with van der Waals surface area (Å²) in [5, 5.41) is 18.8. The number of benzene rings is 1. The van der Waals surface area contributed by atoms with Gasteiger partial charge in [0, 0.05) is 17.0 Å². The van der Waals surface area contributed by atoms with E-state index < -0.39 is 5.97 Å². The summed E-state index contributed by atoms with van der Waals surface area (Å²) in [6, 6.07) is 10.1. The Morgan fingerprint density at radius 1 is 1.40 bits per heavy atom. The number of rotatable bonds is 4. The molecule has 0 unspecified atom stereocenters. The van der Waals surface area contributed by atoms with Gasteiger partial charge in [0.05, 0.1) is 22.2 Å². The van der Waals surface area contributed by atoms with Crippen LogP contribution < -0.4 is 0 Å². The van der Waals surface area contributed by atoms with Crippen molar-refractivity contribution >= 4 is 29.3 Å². The van der Waals surface area contributed by atoms with Crippen molar-refractivity contribution in [3.05, 3.63) is 58.2 Å². The molecule has 0 saturated carbocycles. The summed E-state index contributed by atoms with van der Waals surface area (Å²) in [7, 11) is 0. The molecule has 100 valence electrons. The fraction of sp³-hybridized carbons (Fsp3) is 0.0714. The fourth-order valence-electron chi connectivity index (χ4n) is 1.51. The van der Waals surface area contributed by atoms with Gasteiger partial charge in [-0.2, -0.15) is 5.26 Å². The van der Waals surface area contributed by atoms with E-state index in [-0.39, 0.29) is 5.56 Å². The lowest BCUT2D eigenvalue weighted by atomic mass is 10.2. The smallest absolute Gasteiger partial charge is 0.335 e. The quantitative estimate of drug-likeness (QED) is 0.874. The highest BCUT2D eigenvalue weighted by Crippen LogP contribution is 2.26. The average molecular weight is 305 g/mol. The van der Waals surface area contributed by atoms with Crippen molar-refractivity contribution < 1.29 is 9.90 Å². The van der Waals surface area contributed by atoms with E-state index in [1.165, 1.54) is 30.1 Å². The summed E-state index contributed by atoms with van der Waals surface area (Å²) in [5.41, 5.74) is 1.58. The molecule has 4 nitrogen and oxygen atoms in total. The number of carbonyl (C=O) groups is 1. The number of aromatic carboxylic acids is 1. The molecule has 6 heteroatoms. The van der Waals surface area contributed by atoms with E-state index in [0.717, 1.165) is 5.56 Å². The maximum absolute atomic E-state index is 10.9. The van der Waals surface area contributed by atoms with Crippen LogP contribution in [0.25, 0.3) is 0 Å². The highest BCUT2D eigenvalue weighted by atomic mass is 35.5. The van der Waals surface area contributed by atoms with E-state index in [4.69, 9.17) is 22.0 Å². The second kappa shape index (κ2) is 6.42. The Labute approximate surface area is 125 Å². The van der Waals surface area contributed by atoms with E-state index in [2.05, 4.69) is 4.98 Å². The Bertz CT molecular complexity index is 698. The number of pyridine rings is 1. The van der Waals surface area contributed by atoms with Gasteiger partial charge in [0.15, 0.2) is 0 Å². The topological polar surface area (TPSA) is 74.0 Å². The van der Waals surface area contributed by atoms with Crippen LogP contribution in [0.1, 0.15) is 21.5 Å². The van der Waals surface area contributed by atoms with Crippen LogP contribution in [0.4, 0.5) is 0 Å². The average Bonchev–Trinajstić information content (AvgIpc) is 2.46. The molecule has 1 aromatic heterocycles. The molecule has 0 bridgehead atoms. The van der Waals surface area contributed by atoms with E-state index >= 15 is 0 Å². The number of carboxylic acids is 1. The first-order valence-electron chi connectivity index (χ1n) is 5.61. The Hall–Kier alpha value is -2.03. The third kappa shape index (κ3) is 3.50. The second-order valence-corrected chi connectivity index (χ2v) is 5.30. The normalized spacial score (nSPS) is 10.0. The molecule has 0 aliphatic rings. The van der Waals surface area contributed by atoms with Crippen molar-refractivity contribution in [1.29, 1.82) is 5.26 Å². The van der Waals surface area contributed by atoms with Gasteiger partial charge in [-0.15, -0.1) is 11.8 Å². The van der Waals surface area contributed by atoms with Gasteiger partial charge in [0.25, 0.3) is 0 Å². The minimum atomic E-state index is -0.981. The lowest BCUT2D eigenvalue weighted by Crippen LogP contribution is -1.96. The molecule has 0 spiro atoms. The van der Waals surface area contributed by atoms with Crippen LogP contribution in [0.5, 0.6) is 0 Å². The minimum absolute atomic E-state index is 0.202. The van der Waals surface area contributed by atoms with E-state index in [9.17, 15) is 4.79 Å². The summed E-state index contributed by atoms with van der Waals surface area (Å²) < 4.78 is 0. The van der Waals surface area contributed by atoms with Gasteiger partial charge >= 0.3 is 5.97 Å². The van der Waals surface area contributed by atoms with Crippen LogP contribution in [0.2, 0.25) is 5.02 Å². The van der Waals surface area contributed by atoms with Gasteiger partial charge in [-0.1, -0.05) is 17.7 Å². The van der Waals surface area contributed by atoms with Crippen molar-refractivity contribution in [3.8, 4) is 6.07 Å².